The second-order valence-electron chi connectivity index (χ2n) is 3.80. The van der Waals surface area contributed by atoms with Gasteiger partial charge >= 0.3 is 0 Å². The molecule has 1 aromatic heterocycles. The summed E-state index contributed by atoms with van der Waals surface area (Å²) in [4.78, 5) is 4.23. The fraction of sp³-hybridized carbons (Fsp3) is 0.250. The third-order valence-electron chi connectivity index (χ3n) is 2.66. The van der Waals surface area contributed by atoms with Crippen molar-refractivity contribution >= 4 is 5.69 Å². The number of imidazole rings is 1. The summed E-state index contributed by atoms with van der Waals surface area (Å²) in [6.45, 7) is 4.57. The summed E-state index contributed by atoms with van der Waals surface area (Å²) in [6.07, 6.45) is 1.78. The van der Waals surface area contributed by atoms with Crippen molar-refractivity contribution in [2.24, 2.45) is 5.73 Å². The molecule has 2 rings (SSSR count). The Morgan fingerprint density at radius 2 is 2.19 bits per heavy atom. The van der Waals surface area contributed by atoms with Crippen LogP contribution in [0.4, 0.5) is 5.69 Å². The quantitative estimate of drug-likeness (QED) is 0.823. The van der Waals surface area contributed by atoms with E-state index >= 15 is 0 Å². The van der Waals surface area contributed by atoms with Gasteiger partial charge in [-0.2, -0.15) is 0 Å². The smallest absolute Gasteiger partial charge is 0.115 e. The molecule has 16 heavy (non-hydrogen) atoms. The molecule has 84 valence electrons. The number of hydrogen-bond donors (Lipinski definition) is 2. The van der Waals surface area contributed by atoms with Crippen molar-refractivity contribution in [3.63, 3.8) is 0 Å². The highest BCUT2D eigenvalue weighted by molar-refractivity contribution is 5.45. The highest BCUT2D eigenvalue weighted by Gasteiger charge is 2.01. The molecule has 2 aromatic rings. The molecule has 1 heterocycles. The molecule has 0 radical (unpaired) electrons. The molecule has 3 N–H and O–H groups in total. The second-order valence-corrected chi connectivity index (χ2v) is 3.80. The zero-order valence-electron chi connectivity index (χ0n) is 9.57. The van der Waals surface area contributed by atoms with Crippen molar-refractivity contribution in [2.45, 2.75) is 20.4 Å². The van der Waals surface area contributed by atoms with E-state index in [0.717, 1.165) is 22.6 Å². The molecule has 0 saturated carbocycles. The third-order valence-corrected chi connectivity index (χ3v) is 2.66. The summed E-state index contributed by atoms with van der Waals surface area (Å²) in [5.41, 5.74) is 13.1. The van der Waals surface area contributed by atoms with Crippen LogP contribution in [-0.4, -0.2) is 9.66 Å². The summed E-state index contributed by atoms with van der Waals surface area (Å²) in [6, 6.07) is 8.05. The Bertz CT molecular complexity index is 488. The number of nitrogens with two attached hydrogens (primary N) is 1. The maximum Gasteiger partial charge on any atom is 0.115 e. The van der Waals surface area contributed by atoms with Crippen LogP contribution in [0.1, 0.15) is 17.0 Å². The van der Waals surface area contributed by atoms with Crippen LogP contribution in [0.5, 0.6) is 0 Å². The van der Waals surface area contributed by atoms with Gasteiger partial charge in [-0.25, -0.2) is 9.66 Å². The van der Waals surface area contributed by atoms with Gasteiger partial charge in [0, 0.05) is 6.54 Å². The topological polar surface area (TPSA) is 55.9 Å². The average Bonchev–Trinajstić information content (AvgIpc) is 2.61. The van der Waals surface area contributed by atoms with Gasteiger partial charge in [0.05, 0.1) is 17.1 Å². The first kappa shape index (κ1) is 10.7. The van der Waals surface area contributed by atoms with Gasteiger partial charge < -0.3 is 5.73 Å². The molecule has 0 atom stereocenters. The van der Waals surface area contributed by atoms with E-state index in [2.05, 4.69) is 10.4 Å². The molecule has 0 amide bonds. The number of nitrogens with zero attached hydrogens (tertiary/aromatic N) is 2. The van der Waals surface area contributed by atoms with Gasteiger partial charge in [0.25, 0.3) is 0 Å². The van der Waals surface area contributed by atoms with Gasteiger partial charge in [-0.05, 0) is 31.5 Å². The molecule has 0 saturated heterocycles. The van der Waals surface area contributed by atoms with E-state index in [1.165, 1.54) is 0 Å². The van der Waals surface area contributed by atoms with Crippen LogP contribution < -0.4 is 11.2 Å². The van der Waals surface area contributed by atoms with Crippen LogP contribution in [0.2, 0.25) is 0 Å². The molecule has 4 nitrogen and oxygen atoms in total. The fourth-order valence-corrected chi connectivity index (χ4v) is 1.52. The Morgan fingerprint density at radius 1 is 1.38 bits per heavy atom. The first-order chi connectivity index (χ1) is 7.70. The van der Waals surface area contributed by atoms with Crippen molar-refractivity contribution in [3.05, 3.63) is 47.5 Å². The molecular weight excluding hydrogens is 200 g/mol. The van der Waals surface area contributed by atoms with Crippen molar-refractivity contribution in [1.29, 1.82) is 0 Å². The van der Waals surface area contributed by atoms with E-state index in [9.17, 15) is 0 Å². The lowest BCUT2D eigenvalue weighted by Crippen LogP contribution is -2.10. The minimum Gasteiger partial charge on any atom is -0.326 e. The van der Waals surface area contributed by atoms with E-state index in [1.807, 2.05) is 42.8 Å². The SMILES string of the molecule is Cc1ncn(Nc2cccc(CN)c2)c1C. The van der Waals surface area contributed by atoms with Crippen LogP contribution in [0, 0.1) is 13.8 Å². The first-order valence-electron chi connectivity index (χ1n) is 5.27. The van der Waals surface area contributed by atoms with Crippen LogP contribution >= 0.6 is 0 Å². The zero-order valence-corrected chi connectivity index (χ0v) is 9.57. The summed E-state index contributed by atoms with van der Waals surface area (Å²) < 4.78 is 1.91. The monoisotopic (exact) mass is 216 g/mol. The molecule has 0 unspecified atom stereocenters. The van der Waals surface area contributed by atoms with Crippen molar-refractivity contribution < 1.29 is 0 Å². The van der Waals surface area contributed by atoms with Gasteiger partial charge in [0.15, 0.2) is 0 Å². The standard InChI is InChI=1S/C12H16N4/c1-9-10(2)16(8-14-9)15-12-5-3-4-11(6-12)7-13/h3-6,8,15H,7,13H2,1-2H3. The number of rotatable bonds is 3. The Labute approximate surface area is 95.1 Å². The fourth-order valence-electron chi connectivity index (χ4n) is 1.52. The lowest BCUT2D eigenvalue weighted by Gasteiger charge is -2.10. The Kier molecular flexibility index (Phi) is 2.92. The normalized spacial score (nSPS) is 10.4. The maximum atomic E-state index is 5.60. The molecule has 0 aliphatic rings. The first-order valence-corrected chi connectivity index (χ1v) is 5.27. The summed E-state index contributed by atoms with van der Waals surface area (Å²) >= 11 is 0. The van der Waals surface area contributed by atoms with Crippen LogP contribution in [-0.2, 0) is 6.54 Å². The van der Waals surface area contributed by atoms with E-state index in [0.29, 0.717) is 6.54 Å². The van der Waals surface area contributed by atoms with E-state index in [4.69, 9.17) is 5.73 Å². The van der Waals surface area contributed by atoms with Crippen LogP contribution in [0.25, 0.3) is 0 Å². The van der Waals surface area contributed by atoms with Gasteiger partial charge in [-0.1, -0.05) is 12.1 Å². The summed E-state index contributed by atoms with van der Waals surface area (Å²) in [7, 11) is 0. The van der Waals surface area contributed by atoms with Crippen molar-refractivity contribution in [1.82, 2.24) is 9.66 Å². The summed E-state index contributed by atoms with van der Waals surface area (Å²) in [5, 5.41) is 0. The molecule has 0 aliphatic heterocycles. The number of aromatic nitrogens is 2. The predicted octanol–water partition coefficient (Wildman–Crippen LogP) is 1.83. The van der Waals surface area contributed by atoms with Crippen molar-refractivity contribution in [3.8, 4) is 0 Å². The zero-order chi connectivity index (χ0) is 11.5. The van der Waals surface area contributed by atoms with Crippen LogP contribution in [0.15, 0.2) is 30.6 Å². The second kappa shape index (κ2) is 4.37. The van der Waals surface area contributed by atoms with E-state index in [1.54, 1.807) is 6.33 Å². The molecular formula is C12H16N4. The Morgan fingerprint density at radius 3 is 2.81 bits per heavy atom. The molecule has 0 aliphatic carbocycles. The number of nitrogens with one attached hydrogen (secondary N) is 1. The van der Waals surface area contributed by atoms with Gasteiger partial charge in [0.2, 0.25) is 0 Å². The minimum atomic E-state index is 0.553. The van der Waals surface area contributed by atoms with Crippen LogP contribution in [0.3, 0.4) is 0 Å². The third kappa shape index (κ3) is 2.06. The lowest BCUT2D eigenvalue weighted by atomic mass is 10.2. The van der Waals surface area contributed by atoms with Gasteiger partial charge in [-0.15, -0.1) is 0 Å². The average molecular weight is 216 g/mol. The summed E-state index contributed by atoms with van der Waals surface area (Å²) in [5.74, 6) is 0. The highest BCUT2D eigenvalue weighted by atomic mass is 15.4. The Balaban J connectivity index is 2.23. The predicted molar refractivity (Wildman–Crippen MR) is 65.1 cm³/mol. The van der Waals surface area contributed by atoms with E-state index in [-0.39, 0.29) is 0 Å². The van der Waals surface area contributed by atoms with Gasteiger partial charge in [-0.3, -0.25) is 5.43 Å². The van der Waals surface area contributed by atoms with Gasteiger partial charge in [0.1, 0.15) is 6.33 Å². The number of benzene rings is 1. The number of aryl methyl sites for hydroxylation is 1. The molecule has 0 spiro atoms. The lowest BCUT2D eigenvalue weighted by molar-refractivity contribution is 0.908. The minimum absolute atomic E-state index is 0.553. The maximum absolute atomic E-state index is 5.60. The highest BCUT2D eigenvalue weighted by Crippen LogP contribution is 2.12. The van der Waals surface area contributed by atoms with E-state index < -0.39 is 0 Å². The number of hydrogen-bond acceptors (Lipinski definition) is 3. The molecule has 0 bridgehead atoms. The molecule has 4 heteroatoms. The largest absolute Gasteiger partial charge is 0.326 e. The molecule has 0 fully saturated rings. The van der Waals surface area contributed by atoms with Crippen molar-refractivity contribution in [2.75, 3.05) is 5.43 Å². The molecule has 1 aromatic carbocycles. The number of anilines is 1. The Hall–Kier alpha value is -1.81.